The molecule has 1 saturated heterocycles. The summed E-state index contributed by atoms with van der Waals surface area (Å²) in [5.74, 6) is -0.0774. The highest BCUT2D eigenvalue weighted by Crippen LogP contribution is 2.41. The van der Waals surface area contributed by atoms with Gasteiger partial charge in [0.2, 0.25) is 10.0 Å². The topological polar surface area (TPSA) is 75.5 Å². The van der Waals surface area contributed by atoms with Crippen LogP contribution in [0.1, 0.15) is 64.2 Å². The third kappa shape index (κ3) is 6.58. The second-order valence-electron chi connectivity index (χ2n) is 11.9. The highest BCUT2D eigenvalue weighted by Gasteiger charge is 2.33. The van der Waals surface area contributed by atoms with Gasteiger partial charge in [-0.15, -0.1) is 11.3 Å². The molecule has 2 aromatic carbocycles. The summed E-state index contributed by atoms with van der Waals surface area (Å²) >= 11 is 1.37. The lowest BCUT2D eigenvalue weighted by molar-refractivity contribution is -0.137. The lowest BCUT2D eigenvalue weighted by atomic mass is 9.87. The Hall–Kier alpha value is -3.13. The number of rotatable bonds is 8. The monoisotopic (exact) mass is 662 g/mol. The van der Waals surface area contributed by atoms with E-state index in [-0.39, 0.29) is 24.1 Å². The number of Topliss-reactive ketones (excluding diaryl/α,β-unsaturated/α-hetero) is 1. The fraction of sp³-hybridized carbons (Fsp3) is 0.438. The van der Waals surface area contributed by atoms with Crippen molar-refractivity contribution in [2.45, 2.75) is 57.8 Å². The predicted molar refractivity (Wildman–Crippen MR) is 166 cm³/mol. The van der Waals surface area contributed by atoms with Crippen LogP contribution in [0.2, 0.25) is 0 Å². The first-order chi connectivity index (χ1) is 21.3. The Bertz CT molecular complexity index is 1840. The second kappa shape index (κ2) is 12.2. The second-order valence-corrected chi connectivity index (χ2v) is 15.0. The van der Waals surface area contributed by atoms with Crippen molar-refractivity contribution in [3.8, 4) is 11.3 Å². The number of hydrogen-bond acceptors (Lipinski definition) is 6. The minimum atomic E-state index is -4.45. The minimum Gasteiger partial charge on any atom is -0.303 e. The van der Waals surface area contributed by atoms with Gasteiger partial charge in [-0.05, 0) is 87.0 Å². The quantitative estimate of drug-likeness (QED) is 0.155. The molecule has 0 spiro atoms. The Morgan fingerprint density at radius 2 is 1.76 bits per heavy atom. The van der Waals surface area contributed by atoms with Crippen molar-refractivity contribution < 1.29 is 30.8 Å². The van der Waals surface area contributed by atoms with Crippen LogP contribution in [0.25, 0.3) is 21.3 Å². The number of benzene rings is 2. The van der Waals surface area contributed by atoms with E-state index in [1.165, 1.54) is 39.9 Å². The van der Waals surface area contributed by atoms with Gasteiger partial charge < -0.3 is 4.90 Å². The average Bonchev–Trinajstić information content (AvgIpc) is 3.55. The fourth-order valence-corrected chi connectivity index (χ4v) is 8.63. The van der Waals surface area contributed by atoms with E-state index in [0.717, 1.165) is 89.1 Å². The molecule has 0 unspecified atom stereocenters. The first kappa shape index (κ1) is 31.8. The van der Waals surface area contributed by atoms with Crippen molar-refractivity contribution in [3.63, 3.8) is 0 Å². The van der Waals surface area contributed by atoms with Crippen molar-refractivity contribution in [1.82, 2.24) is 19.0 Å². The smallest absolute Gasteiger partial charge is 0.303 e. The van der Waals surface area contributed by atoms with Gasteiger partial charge in [0.1, 0.15) is 5.82 Å². The number of hydrogen-bond donors (Lipinski definition) is 0. The standard InChI is InChI=1S/C32H34F4N4O3S2/c1-20(41)31-29(25-9-8-24(33)18-28(25)44-31)21-10-15-38(16-11-21)13-3-14-40-27-12-17-39(45(2,42)43)19-26(27)30(37-40)22-4-6-23(7-5-22)32(34,35)36/h4-9,18,21H,3,10-17,19H2,1-2H3. The van der Waals surface area contributed by atoms with E-state index >= 15 is 0 Å². The number of aryl methyl sites for hydroxylation is 1. The molecule has 13 heteroatoms. The highest BCUT2D eigenvalue weighted by molar-refractivity contribution is 7.88. The summed E-state index contributed by atoms with van der Waals surface area (Å²) in [6, 6.07) is 9.58. The molecule has 4 aromatic rings. The van der Waals surface area contributed by atoms with Crippen molar-refractivity contribution >= 4 is 37.2 Å². The van der Waals surface area contributed by atoms with Gasteiger partial charge >= 0.3 is 6.18 Å². The van der Waals surface area contributed by atoms with Gasteiger partial charge in [0.25, 0.3) is 0 Å². The number of carbonyl (C=O) groups is 1. The predicted octanol–water partition coefficient (Wildman–Crippen LogP) is 6.71. The number of alkyl halides is 3. The first-order valence-corrected chi connectivity index (χ1v) is 17.6. The van der Waals surface area contributed by atoms with Gasteiger partial charge in [0.05, 0.1) is 22.4 Å². The number of likely N-dealkylation sites (tertiary alicyclic amines) is 1. The van der Waals surface area contributed by atoms with Gasteiger partial charge in [0.15, 0.2) is 5.78 Å². The minimum absolute atomic E-state index is 0.00640. The van der Waals surface area contributed by atoms with Crippen molar-refractivity contribution in [1.29, 1.82) is 0 Å². The number of aromatic nitrogens is 2. The lowest BCUT2D eigenvalue weighted by Crippen LogP contribution is -2.36. The molecular weight excluding hydrogens is 629 g/mol. The highest BCUT2D eigenvalue weighted by atomic mass is 32.2. The van der Waals surface area contributed by atoms with E-state index in [1.807, 2.05) is 4.68 Å². The van der Waals surface area contributed by atoms with Gasteiger partial charge in [0, 0.05) is 47.6 Å². The van der Waals surface area contributed by atoms with Crippen LogP contribution < -0.4 is 0 Å². The fourth-order valence-electron chi connectivity index (χ4n) is 6.63. The third-order valence-electron chi connectivity index (χ3n) is 8.90. The number of thiophene rings is 1. The molecule has 7 nitrogen and oxygen atoms in total. The van der Waals surface area contributed by atoms with Gasteiger partial charge in [-0.25, -0.2) is 12.8 Å². The summed E-state index contributed by atoms with van der Waals surface area (Å²) in [5, 5.41) is 5.76. The Labute approximate surface area is 263 Å². The van der Waals surface area contributed by atoms with Crippen LogP contribution in [-0.2, 0) is 35.7 Å². The largest absolute Gasteiger partial charge is 0.416 e. The van der Waals surface area contributed by atoms with Crippen LogP contribution >= 0.6 is 11.3 Å². The van der Waals surface area contributed by atoms with E-state index in [0.29, 0.717) is 30.8 Å². The molecule has 45 heavy (non-hydrogen) atoms. The Morgan fingerprint density at radius 3 is 2.40 bits per heavy atom. The zero-order valence-corrected chi connectivity index (χ0v) is 26.7. The molecule has 0 aliphatic carbocycles. The molecule has 2 aromatic heterocycles. The molecule has 0 radical (unpaired) electrons. The summed E-state index contributed by atoms with van der Waals surface area (Å²) in [6.07, 6.45) is -0.255. The maximum absolute atomic E-state index is 13.9. The van der Waals surface area contributed by atoms with E-state index < -0.39 is 21.8 Å². The summed E-state index contributed by atoms with van der Waals surface area (Å²) in [4.78, 5) is 15.5. The van der Waals surface area contributed by atoms with Crippen LogP contribution in [0.5, 0.6) is 0 Å². The van der Waals surface area contributed by atoms with Crippen LogP contribution in [-0.4, -0.2) is 65.6 Å². The van der Waals surface area contributed by atoms with Crippen LogP contribution in [0.15, 0.2) is 42.5 Å². The van der Waals surface area contributed by atoms with Gasteiger partial charge in [-0.1, -0.05) is 18.2 Å². The lowest BCUT2D eigenvalue weighted by Gasteiger charge is -2.32. The molecule has 4 heterocycles. The number of carbonyl (C=O) groups excluding carboxylic acids is 1. The Kier molecular flexibility index (Phi) is 8.66. The van der Waals surface area contributed by atoms with Crippen LogP contribution in [0.4, 0.5) is 17.6 Å². The van der Waals surface area contributed by atoms with Gasteiger partial charge in [-0.2, -0.15) is 22.6 Å². The molecule has 2 aliphatic rings. The SMILES string of the molecule is CC(=O)c1sc2cc(F)ccc2c1C1CCN(CCCn2nc(-c3ccc(C(F)(F)F)cc3)c3c2CCN(S(C)(=O)=O)C3)CC1. The number of halogens is 4. The van der Waals surface area contributed by atoms with Crippen molar-refractivity contribution in [3.05, 3.63) is 75.5 Å². The molecule has 6 rings (SSSR count). The summed E-state index contributed by atoms with van der Waals surface area (Å²) < 4.78 is 82.1. The number of nitrogens with zero attached hydrogens (tertiary/aromatic N) is 4. The molecule has 2 aliphatic heterocycles. The molecule has 0 N–H and O–H groups in total. The normalized spacial score (nSPS) is 17.2. The molecule has 0 bridgehead atoms. The van der Waals surface area contributed by atoms with Crippen molar-refractivity contribution in [2.24, 2.45) is 0 Å². The third-order valence-corrected chi connectivity index (χ3v) is 11.4. The zero-order valence-electron chi connectivity index (χ0n) is 25.0. The summed E-state index contributed by atoms with van der Waals surface area (Å²) in [6.45, 7) is 5.15. The van der Waals surface area contributed by atoms with Gasteiger partial charge in [-0.3, -0.25) is 9.48 Å². The van der Waals surface area contributed by atoms with Crippen LogP contribution in [0, 0.1) is 5.82 Å². The maximum Gasteiger partial charge on any atom is 0.416 e. The number of sulfonamides is 1. The number of fused-ring (bicyclic) bond motifs is 2. The number of piperidine rings is 1. The maximum atomic E-state index is 13.9. The average molecular weight is 663 g/mol. The molecule has 1 fully saturated rings. The Balaban J connectivity index is 1.15. The van der Waals surface area contributed by atoms with E-state index in [9.17, 15) is 30.8 Å². The summed E-state index contributed by atoms with van der Waals surface area (Å²) in [7, 11) is -3.45. The zero-order chi connectivity index (χ0) is 32.1. The summed E-state index contributed by atoms with van der Waals surface area (Å²) in [5.41, 5.74) is 2.97. The van der Waals surface area contributed by atoms with E-state index in [1.54, 1.807) is 13.0 Å². The number of ketones is 1. The molecule has 0 saturated carbocycles. The Morgan fingerprint density at radius 1 is 1.04 bits per heavy atom. The molecule has 0 amide bonds. The van der Waals surface area contributed by atoms with E-state index in [4.69, 9.17) is 5.10 Å². The van der Waals surface area contributed by atoms with Crippen molar-refractivity contribution in [2.75, 3.05) is 32.4 Å². The van der Waals surface area contributed by atoms with Crippen LogP contribution in [0.3, 0.4) is 0 Å². The molecular formula is C32H34F4N4O3S2. The first-order valence-electron chi connectivity index (χ1n) is 15.0. The van der Waals surface area contributed by atoms with E-state index in [2.05, 4.69) is 4.90 Å². The molecule has 0 atom stereocenters. The molecule has 240 valence electrons.